The number of phosphoric acid groups is 1. The molecule has 3 atom stereocenters. The Balaban J connectivity index is 4.26. The molecule has 0 heterocycles. The second kappa shape index (κ2) is 62.2. The summed E-state index contributed by atoms with van der Waals surface area (Å²) in [6.45, 7) is 4.51. The molecule has 0 fully saturated rings. The number of phosphoric ester groups is 1. The highest BCUT2D eigenvalue weighted by Gasteiger charge is 2.23. The van der Waals surface area contributed by atoms with Crippen LogP contribution in [0.4, 0.5) is 0 Å². The zero-order valence-corrected chi connectivity index (χ0v) is 54.5. The van der Waals surface area contributed by atoms with E-state index >= 15 is 0 Å². The summed E-state index contributed by atoms with van der Waals surface area (Å²) in [6.07, 6.45) is 94.2. The van der Waals surface area contributed by atoms with Crippen molar-refractivity contribution in [1.29, 1.82) is 0 Å². The second-order valence-corrected chi connectivity index (χ2v) is 24.8. The smallest absolute Gasteiger partial charge is 0.268 e. The van der Waals surface area contributed by atoms with Crippen molar-refractivity contribution >= 4 is 13.7 Å². The van der Waals surface area contributed by atoms with Crippen LogP contribution in [0.25, 0.3) is 0 Å². The van der Waals surface area contributed by atoms with Crippen molar-refractivity contribution < 1.29 is 32.9 Å². The molecule has 0 aromatic rings. The minimum absolute atomic E-state index is 0.0176. The molecule has 0 aromatic carbocycles. The molecule has 9 heteroatoms. The van der Waals surface area contributed by atoms with Gasteiger partial charge in [-0.25, -0.2) is 0 Å². The molecule has 470 valence electrons. The van der Waals surface area contributed by atoms with E-state index in [0.717, 1.165) is 116 Å². The average Bonchev–Trinajstić information content (AvgIpc) is 3.47. The van der Waals surface area contributed by atoms with E-state index in [1.165, 1.54) is 135 Å². The molecule has 82 heavy (non-hydrogen) atoms. The van der Waals surface area contributed by atoms with Crippen LogP contribution in [0.1, 0.15) is 271 Å². The van der Waals surface area contributed by atoms with Gasteiger partial charge in [0.05, 0.1) is 39.9 Å². The number of hydrogen-bond donors (Lipinski definition) is 2. The van der Waals surface area contributed by atoms with E-state index in [0.29, 0.717) is 17.4 Å². The summed E-state index contributed by atoms with van der Waals surface area (Å²) < 4.78 is 23.4. The number of rotatable bonds is 60. The number of carbonyl (C=O) groups is 1. The Hall–Kier alpha value is -3.36. The van der Waals surface area contributed by atoms with E-state index in [1.54, 1.807) is 6.08 Å². The quantitative estimate of drug-likeness (QED) is 0.0272. The van der Waals surface area contributed by atoms with E-state index in [9.17, 15) is 19.4 Å². The van der Waals surface area contributed by atoms with E-state index in [2.05, 4.69) is 141 Å². The van der Waals surface area contributed by atoms with Gasteiger partial charge in [-0.15, -0.1) is 0 Å². The maximum absolute atomic E-state index is 13.0. The van der Waals surface area contributed by atoms with Crippen LogP contribution < -0.4 is 10.2 Å². The predicted octanol–water partition coefficient (Wildman–Crippen LogP) is 20.8. The predicted molar refractivity (Wildman–Crippen MR) is 357 cm³/mol. The third-order valence-electron chi connectivity index (χ3n) is 14.3. The summed E-state index contributed by atoms with van der Waals surface area (Å²) in [5.41, 5.74) is 0. The van der Waals surface area contributed by atoms with Crippen LogP contribution in [0.3, 0.4) is 0 Å². The molecule has 0 saturated carbocycles. The highest BCUT2D eigenvalue weighted by molar-refractivity contribution is 7.45. The van der Waals surface area contributed by atoms with Crippen molar-refractivity contribution in [3.05, 3.63) is 134 Å². The van der Waals surface area contributed by atoms with Gasteiger partial charge in [-0.05, 0) is 103 Å². The summed E-state index contributed by atoms with van der Waals surface area (Å²) in [6, 6.07) is -0.926. The summed E-state index contributed by atoms with van der Waals surface area (Å²) in [7, 11) is 1.21. The van der Waals surface area contributed by atoms with Gasteiger partial charge < -0.3 is 28.8 Å². The molecule has 0 saturated heterocycles. The van der Waals surface area contributed by atoms with Crippen LogP contribution in [0.2, 0.25) is 0 Å². The number of aliphatic hydroxyl groups is 1. The first-order valence-corrected chi connectivity index (χ1v) is 35.0. The summed E-state index contributed by atoms with van der Waals surface area (Å²) in [4.78, 5) is 25.6. The number of unbranched alkanes of at least 4 members (excludes halogenated alkanes) is 27. The number of allylic oxidation sites excluding steroid dienone is 21. The maximum Gasteiger partial charge on any atom is 0.268 e. The molecule has 2 N–H and O–H groups in total. The monoisotopic (exact) mass is 1160 g/mol. The summed E-state index contributed by atoms with van der Waals surface area (Å²) >= 11 is 0. The van der Waals surface area contributed by atoms with Crippen molar-refractivity contribution in [3.8, 4) is 0 Å². The third kappa shape index (κ3) is 64.2. The Bertz CT molecular complexity index is 1800. The minimum atomic E-state index is -4.63. The van der Waals surface area contributed by atoms with Crippen LogP contribution in [-0.4, -0.2) is 68.5 Å². The van der Waals surface area contributed by atoms with Crippen LogP contribution in [0, 0.1) is 0 Å². The van der Waals surface area contributed by atoms with E-state index in [-0.39, 0.29) is 12.5 Å². The van der Waals surface area contributed by atoms with Gasteiger partial charge in [0.25, 0.3) is 7.82 Å². The molecule has 0 radical (unpaired) electrons. The number of nitrogens with one attached hydrogen (secondary N) is 1. The minimum Gasteiger partial charge on any atom is -0.756 e. The number of hydrogen-bond acceptors (Lipinski definition) is 6. The maximum atomic E-state index is 13.0. The number of carbonyl (C=O) groups excluding carboxylic acids is 1. The fraction of sp³-hybridized carbons (Fsp3) is 0.685. The van der Waals surface area contributed by atoms with Crippen molar-refractivity contribution in [2.45, 2.75) is 283 Å². The second-order valence-electron chi connectivity index (χ2n) is 23.4. The summed E-state index contributed by atoms with van der Waals surface area (Å²) in [5, 5.41) is 13.9. The van der Waals surface area contributed by atoms with Gasteiger partial charge in [-0.2, -0.15) is 0 Å². The number of aliphatic hydroxyl groups excluding tert-OH is 1. The fourth-order valence-electron chi connectivity index (χ4n) is 9.16. The molecule has 1 amide bonds. The van der Waals surface area contributed by atoms with Gasteiger partial charge in [-0.3, -0.25) is 9.36 Å². The molecule has 3 unspecified atom stereocenters. The van der Waals surface area contributed by atoms with Crippen LogP contribution in [0.5, 0.6) is 0 Å². The molecule has 0 aliphatic heterocycles. The van der Waals surface area contributed by atoms with Crippen LogP contribution in [-0.2, 0) is 18.4 Å². The molecular formula is C73H127N2O6P. The normalized spacial score (nSPS) is 14.6. The van der Waals surface area contributed by atoms with Gasteiger partial charge in [0.2, 0.25) is 5.91 Å². The topological polar surface area (TPSA) is 108 Å². The third-order valence-corrected chi connectivity index (χ3v) is 15.3. The van der Waals surface area contributed by atoms with Gasteiger partial charge in [0.15, 0.2) is 0 Å². The lowest BCUT2D eigenvalue weighted by atomic mass is 10.0. The Morgan fingerprint density at radius 1 is 0.439 bits per heavy atom. The Morgan fingerprint density at radius 3 is 1.13 bits per heavy atom. The van der Waals surface area contributed by atoms with Crippen molar-refractivity contribution in [2.75, 3.05) is 40.9 Å². The first-order chi connectivity index (χ1) is 40.0. The lowest BCUT2D eigenvalue weighted by Gasteiger charge is -2.29. The standard InChI is InChI=1S/C73H127N2O6P/c1-6-8-10-12-14-16-18-20-22-24-26-28-30-32-34-35-36-37-38-39-41-43-45-47-49-51-53-55-57-59-61-63-65-67-73(77)74-71(70-81-82(78,79)80-69-68-75(3,4)5)72(76)66-64-62-60-58-56-54-52-50-48-46-44-42-40-33-31-29-27-25-23-21-19-17-15-13-11-9-7-2/h8,10,14,16,20,22,26,28,32,34,36-37,39,41,45,47,51,53,56,58,64,66,71-72,76H,6-7,9,11-13,15,17-19,21,23-25,27,29-31,33,35,38,40,42-44,46,48-50,52,54-55,57,59-63,65,67-70H2,1-5H3,(H-,74,77,78,79)/b10-8-,16-14-,22-20-,28-26-,34-32-,37-36-,41-39-,47-45-,53-51-,58-56+,66-64+. The lowest BCUT2D eigenvalue weighted by Crippen LogP contribution is -2.45. The molecule has 0 rings (SSSR count). The zero-order chi connectivity index (χ0) is 59.8. The van der Waals surface area contributed by atoms with Crippen molar-refractivity contribution in [2.24, 2.45) is 0 Å². The highest BCUT2D eigenvalue weighted by atomic mass is 31.2. The van der Waals surface area contributed by atoms with Crippen molar-refractivity contribution in [1.82, 2.24) is 5.32 Å². The molecule has 0 aromatic heterocycles. The Kier molecular flexibility index (Phi) is 59.6. The molecule has 0 aliphatic carbocycles. The van der Waals surface area contributed by atoms with Crippen molar-refractivity contribution in [3.63, 3.8) is 0 Å². The Labute approximate surface area is 506 Å². The highest BCUT2D eigenvalue weighted by Crippen LogP contribution is 2.38. The molecule has 0 bridgehead atoms. The Morgan fingerprint density at radius 2 is 0.756 bits per heavy atom. The zero-order valence-electron chi connectivity index (χ0n) is 53.6. The van der Waals surface area contributed by atoms with E-state index < -0.39 is 26.6 Å². The first-order valence-electron chi connectivity index (χ1n) is 33.5. The van der Waals surface area contributed by atoms with Gasteiger partial charge in [-0.1, -0.05) is 295 Å². The number of amides is 1. The molecule has 0 spiro atoms. The van der Waals surface area contributed by atoms with E-state index in [1.807, 2.05) is 27.2 Å². The first kappa shape index (κ1) is 78.6. The van der Waals surface area contributed by atoms with Gasteiger partial charge >= 0.3 is 0 Å². The molecular weight excluding hydrogens is 1030 g/mol. The molecule has 0 aliphatic rings. The average molecular weight is 1160 g/mol. The van der Waals surface area contributed by atoms with Gasteiger partial charge in [0.1, 0.15) is 13.2 Å². The largest absolute Gasteiger partial charge is 0.756 e. The van der Waals surface area contributed by atoms with E-state index in [4.69, 9.17) is 9.05 Å². The summed E-state index contributed by atoms with van der Waals surface area (Å²) in [5.74, 6) is -0.229. The van der Waals surface area contributed by atoms with Crippen LogP contribution in [0.15, 0.2) is 134 Å². The van der Waals surface area contributed by atoms with Gasteiger partial charge in [0, 0.05) is 6.42 Å². The fourth-order valence-corrected chi connectivity index (χ4v) is 9.89. The number of nitrogens with zero attached hydrogens (tertiary/aromatic N) is 1. The lowest BCUT2D eigenvalue weighted by molar-refractivity contribution is -0.870. The molecule has 8 nitrogen and oxygen atoms in total. The van der Waals surface area contributed by atoms with Crippen LogP contribution >= 0.6 is 7.82 Å². The number of quaternary nitrogens is 1. The number of likely N-dealkylation sites (N-methyl/N-ethyl adjacent to an activating group) is 1. The SMILES string of the molecule is CC/C=C\C/C=C\C/C=C\C/C=C\C/C=C\C/C=C\C/C=C\C/C=C\C/C=C\CCCCCCCC(=O)NC(COP(=O)([O-])OCC[N+](C)(C)C)C(O)/C=C/CC/C=C/CCCCCCCCCCCCCCCCCCCCCCC.